The number of aromatic nitrogens is 6. The normalized spacial score (nSPS) is 11.5. The first-order chi connectivity index (χ1) is 15.7. The average molecular weight is 459 g/mol. The summed E-state index contributed by atoms with van der Waals surface area (Å²) in [5, 5.41) is 16.2. The minimum Gasteiger partial charge on any atom is -0.333 e. The number of nitrogens with one attached hydrogen (secondary N) is 2. The van der Waals surface area contributed by atoms with Crippen molar-refractivity contribution >= 4 is 11.5 Å². The number of benzene rings is 2. The standard InChI is InChI=1S/C21H17F4N7O/c1-12-11-32(15-6-2-13(3-7-15)4-9-18-28-30-31-29-18)20(33)19(26-12)27-17-8-5-14(10-16(17)22)21(23,24)25/h2-3,5-8,10-11H,4,9H2,1H3,(H,26,27)(H,28,29,30,31). The Morgan fingerprint density at radius 3 is 2.48 bits per heavy atom. The Morgan fingerprint density at radius 2 is 1.85 bits per heavy atom. The van der Waals surface area contributed by atoms with Crippen LogP contribution in [0.15, 0.2) is 53.5 Å². The summed E-state index contributed by atoms with van der Waals surface area (Å²) < 4.78 is 53.9. The highest BCUT2D eigenvalue weighted by molar-refractivity contribution is 5.57. The number of aromatic amines is 1. The van der Waals surface area contributed by atoms with E-state index in [0.717, 1.165) is 17.7 Å². The molecule has 12 heteroatoms. The maximum atomic E-state index is 14.2. The van der Waals surface area contributed by atoms with Crippen LogP contribution in [-0.4, -0.2) is 30.2 Å². The molecule has 2 aromatic carbocycles. The van der Waals surface area contributed by atoms with Crippen molar-refractivity contribution in [2.24, 2.45) is 0 Å². The summed E-state index contributed by atoms with van der Waals surface area (Å²) in [6.45, 7) is 1.64. The van der Waals surface area contributed by atoms with Crippen molar-refractivity contribution in [2.45, 2.75) is 25.9 Å². The van der Waals surface area contributed by atoms with Gasteiger partial charge >= 0.3 is 6.18 Å². The lowest BCUT2D eigenvalue weighted by Gasteiger charge is -2.13. The van der Waals surface area contributed by atoms with E-state index in [0.29, 0.717) is 36.1 Å². The number of tetrazole rings is 1. The SMILES string of the molecule is Cc1cn(-c2ccc(CCc3nn[nH]n3)cc2)c(=O)c(Nc2ccc(C(F)(F)F)cc2F)n1. The highest BCUT2D eigenvalue weighted by Crippen LogP contribution is 2.31. The summed E-state index contributed by atoms with van der Waals surface area (Å²) in [6.07, 6.45) is -1.89. The van der Waals surface area contributed by atoms with Crippen LogP contribution in [0.1, 0.15) is 22.6 Å². The summed E-state index contributed by atoms with van der Waals surface area (Å²) in [4.78, 5) is 17.0. The Labute approximate surface area is 184 Å². The lowest BCUT2D eigenvalue weighted by molar-refractivity contribution is -0.137. The Morgan fingerprint density at radius 1 is 1.09 bits per heavy atom. The zero-order chi connectivity index (χ0) is 23.6. The fraction of sp³-hybridized carbons (Fsp3) is 0.190. The lowest BCUT2D eigenvalue weighted by atomic mass is 10.1. The highest BCUT2D eigenvalue weighted by atomic mass is 19.4. The molecule has 0 amide bonds. The molecule has 2 aromatic heterocycles. The number of alkyl halides is 3. The molecule has 0 spiro atoms. The van der Waals surface area contributed by atoms with Crippen LogP contribution in [0, 0.1) is 12.7 Å². The Hall–Kier alpha value is -4.09. The highest BCUT2D eigenvalue weighted by Gasteiger charge is 2.31. The number of nitrogens with zero attached hydrogens (tertiary/aromatic N) is 5. The van der Waals surface area contributed by atoms with Gasteiger partial charge in [-0.25, -0.2) is 9.37 Å². The second-order valence-corrected chi connectivity index (χ2v) is 7.22. The van der Waals surface area contributed by atoms with Gasteiger partial charge in [-0.3, -0.25) is 9.36 Å². The minimum atomic E-state index is -4.68. The number of anilines is 2. The average Bonchev–Trinajstić information content (AvgIpc) is 3.29. The molecule has 0 saturated heterocycles. The van der Waals surface area contributed by atoms with Gasteiger partial charge in [-0.1, -0.05) is 17.3 Å². The van der Waals surface area contributed by atoms with Gasteiger partial charge in [0.25, 0.3) is 5.56 Å². The molecule has 4 rings (SSSR count). The number of H-pyrrole nitrogens is 1. The zero-order valence-electron chi connectivity index (χ0n) is 17.2. The molecule has 2 N–H and O–H groups in total. The fourth-order valence-corrected chi connectivity index (χ4v) is 3.17. The second kappa shape index (κ2) is 8.81. The smallest absolute Gasteiger partial charge is 0.333 e. The van der Waals surface area contributed by atoms with Crippen molar-refractivity contribution in [3.05, 3.63) is 87.5 Å². The van der Waals surface area contributed by atoms with Crippen molar-refractivity contribution in [2.75, 3.05) is 5.32 Å². The Kier molecular flexibility index (Phi) is 5.90. The van der Waals surface area contributed by atoms with E-state index < -0.39 is 23.1 Å². The molecule has 0 radical (unpaired) electrons. The lowest BCUT2D eigenvalue weighted by Crippen LogP contribution is -2.23. The van der Waals surface area contributed by atoms with Crippen LogP contribution < -0.4 is 10.9 Å². The summed E-state index contributed by atoms with van der Waals surface area (Å²) in [5.74, 6) is -0.772. The molecule has 0 aliphatic carbocycles. The first-order valence-electron chi connectivity index (χ1n) is 9.76. The molecular weight excluding hydrogens is 442 g/mol. The zero-order valence-corrected chi connectivity index (χ0v) is 17.2. The number of aryl methyl sites for hydroxylation is 3. The van der Waals surface area contributed by atoms with Gasteiger partial charge in [0.1, 0.15) is 5.82 Å². The van der Waals surface area contributed by atoms with Crippen LogP contribution in [0.25, 0.3) is 5.69 Å². The molecular formula is C21H17F4N7O. The topological polar surface area (TPSA) is 101 Å². The van der Waals surface area contributed by atoms with Crippen LogP contribution in [-0.2, 0) is 19.0 Å². The molecule has 2 heterocycles. The van der Waals surface area contributed by atoms with E-state index in [1.807, 2.05) is 12.1 Å². The van der Waals surface area contributed by atoms with Gasteiger partial charge < -0.3 is 5.32 Å². The van der Waals surface area contributed by atoms with Crippen molar-refractivity contribution in [1.29, 1.82) is 0 Å². The van der Waals surface area contributed by atoms with Gasteiger partial charge in [-0.2, -0.15) is 18.4 Å². The number of hydrogen-bond acceptors (Lipinski definition) is 6. The molecule has 0 fully saturated rings. The van der Waals surface area contributed by atoms with Crippen LogP contribution in [0.3, 0.4) is 0 Å². The molecule has 0 aliphatic rings. The molecule has 0 saturated carbocycles. The third kappa shape index (κ3) is 5.05. The van der Waals surface area contributed by atoms with Gasteiger partial charge in [-0.15, -0.1) is 10.2 Å². The van der Waals surface area contributed by atoms with Gasteiger partial charge in [-0.05, 0) is 49.2 Å². The van der Waals surface area contributed by atoms with E-state index in [1.165, 1.54) is 10.8 Å². The number of halogens is 4. The summed E-state index contributed by atoms with van der Waals surface area (Å²) >= 11 is 0. The van der Waals surface area contributed by atoms with Crippen molar-refractivity contribution in [3.8, 4) is 5.69 Å². The van der Waals surface area contributed by atoms with E-state index in [2.05, 4.69) is 30.9 Å². The molecule has 0 atom stereocenters. The molecule has 0 bridgehead atoms. The largest absolute Gasteiger partial charge is 0.416 e. The van der Waals surface area contributed by atoms with Crippen LogP contribution >= 0.6 is 0 Å². The van der Waals surface area contributed by atoms with E-state index >= 15 is 0 Å². The van der Waals surface area contributed by atoms with Crippen molar-refractivity contribution < 1.29 is 17.6 Å². The van der Waals surface area contributed by atoms with Crippen LogP contribution in [0.5, 0.6) is 0 Å². The quantitative estimate of drug-likeness (QED) is 0.426. The maximum Gasteiger partial charge on any atom is 0.416 e. The monoisotopic (exact) mass is 459 g/mol. The van der Waals surface area contributed by atoms with Crippen molar-refractivity contribution in [3.63, 3.8) is 0 Å². The Balaban J connectivity index is 1.58. The van der Waals surface area contributed by atoms with Gasteiger partial charge in [0.2, 0.25) is 0 Å². The van der Waals surface area contributed by atoms with Gasteiger partial charge in [0, 0.05) is 18.3 Å². The van der Waals surface area contributed by atoms with Crippen LogP contribution in [0.4, 0.5) is 29.1 Å². The fourth-order valence-electron chi connectivity index (χ4n) is 3.17. The van der Waals surface area contributed by atoms with E-state index in [9.17, 15) is 22.4 Å². The van der Waals surface area contributed by atoms with Gasteiger partial charge in [0.15, 0.2) is 11.6 Å². The van der Waals surface area contributed by atoms with Gasteiger partial charge in [0.05, 0.1) is 16.9 Å². The summed E-state index contributed by atoms with van der Waals surface area (Å²) in [7, 11) is 0. The minimum absolute atomic E-state index is 0.213. The molecule has 8 nitrogen and oxygen atoms in total. The summed E-state index contributed by atoms with van der Waals surface area (Å²) in [6, 6.07) is 9.20. The third-order valence-electron chi connectivity index (χ3n) is 4.82. The van der Waals surface area contributed by atoms with Crippen molar-refractivity contribution in [1.82, 2.24) is 30.2 Å². The maximum absolute atomic E-state index is 14.2. The molecule has 4 aromatic rings. The predicted molar refractivity (Wildman–Crippen MR) is 111 cm³/mol. The first kappa shape index (κ1) is 22.1. The third-order valence-corrected chi connectivity index (χ3v) is 4.82. The summed E-state index contributed by atoms with van der Waals surface area (Å²) in [5.41, 5.74) is -0.0106. The molecule has 170 valence electrons. The number of hydrogen-bond donors (Lipinski definition) is 2. The predicted octanol–water partition coefficient (Wildman–Crippen LogP) is 3.74. The molecule has 0 aliphatic heterocycles. The van der Waals surface area contributed by atoms with E-state index in [4.69, 9.17) is 0 Å². The molecule has 0 unspecified atom stereocenters. The second-order valence-electron chi connectivity index (χ2n) is 7.22. The first-order valence-corrected chi connectivity index (χ1v) is 9.76. The molecule has 33 heavy (non-hydrogen) atoms. The van der Waals surface area contributed by atoms with E-state index in [-0.39, 0.29) is 11.5 Å². The van der Waals surface area contributed by atoms with Crippen LogP contribution in [0.2, 0.25) is 0 Å². The Bertz CT molecular complexity index is 1320. The van der Waals surface area contributed by atoms with E-state index in [1.54, 1.807) is 19.1 Å². The number of rotatable bonds is 6.